The number of hydrogen-bond donors (Lipinski definition) is 1. The van der Waals surface area contributed by atoms with Gasteiger partial charge in [-0.15, -0.1) is 0 Å². The first-order valence-corrected chi connectivity index (χ1v) is 7.23. The van der Waals surface area contributed by atoms with E-state index in [1.165, 1.54) is 7.11 Å². The average molecular weight is 331 g/mol. The van der Waals surface area contributed by atoms with E-state index in [1.807, 2.05) is 6.92 Å². The summed E-state index contributed by atoms with van der Waals surface area (Å²) in [7, 11) is 1.19. The number of nitrogens with one attached hydrogen (secondary N) is 1. The zero-order valence-electron chi connectivity index (χ0n) is 13.1. The summed E-state index contributed by atoms with van der Waals surface area (Å²) in [5.41, 5.74) is 2.31. The number of nitrogens with zero attached hydrogens (tertiary/aromatic N) is 2. The molecule has 0 fully saturated rings. The van der Waals surface area contributed by atoms with Gasteiger partial charge in [-0.2, -0.15) is 0 Å². The highest BCUT2D eigenvalue weighted by Crippen LogP contribution is 2.22. The van der Waals surface area contributed by atoms with E-state index in [0.717, 1.165) is 23.5 Å². The third-order valence-corrected chi connectivity index (χ3v) is 3.55. The van der Waals surface area contributed by atoms with Gasteiger partial charge in [0.05, 0.1) is 18.4 Å². The topological polar surface area (TPSA) is 55.6 Å². The second-order valence-electron chi connectivity index (χ2n) is 5.34. The third kappa shape index (κ3) is 3.05. The van der Waals surface area contributed by atoms with Crippen LogP contribution in [0.15, 0.2) is 36.7 Å². The van der Waals surface area contributed by atoms with E-state index in [0.29, 0.717) is 11.1 Å². The number of carbonyl (C=O) groups is 1. The molecule has 0 saturated carbocycles. The number of amides is 1. The number of rotatable bonds is 4. The summed E-state index contributed by atoms with van der Waals surface area (Å²) in [6.07, 6.45) is 3.46. The fraction of sp³-hybridized carbons (Fsp3) is 0.176. The van der Waals surface area contributed by atoms with Gasteiger partial charge >= 0.3 is 0 Å². The Morgan fingerprint density at radius 1 is 1.25 bits per heavy atom. The summed E-state index contributed by atoms with van der Waals surface area (Å²) < 4.78 is 33.7. The van der Waals surface area contributed by atoms with E-state index < -0.39 is 17.4 Å². The van der Waals surface area contributed by atoms with Crippen LogP contribution in [0.3, 0.4) is 0 Å². The Hall–Kier alpha value is -2.96. The molecule has 0 radical (unpaired) electrons. The first-order chi connectivity index (χ1) is 11.5. The summed E-state index contributed by atoms with van der Waals surface area (Å²) in [5.74, 6) is -2.40. The van der Waals surface area contributed by atoms with Gasteiger partial charge < -0.3 is 14.5 Å². The van der Waals surface area contributed by atoms with Crippen molar-refractivity contribution in [1.29, 1.82) is 0 Å². The Kier molecular flexibility index (Phi) is 4.16. The van der Waals surface area contributed by atoms with Crippen LogP contribution in [0.2, 0.25) is 0 Å². The fourth-order valence-corrected chi connectivity index (χ4v) is 2.45. The summed E-state index contributed by atoms with van der Waals surface area (Å²) >= 11 is 0. The molecule has 2 aromatic heterocycles. The molecule has 24 heavy (non-hydrogen) atoms. The fourth-order valence-electron chi connectivity index (χ4n) is 2.45. The lowest BCUT2D eigenvalue weighted by Gasteiger charge is -2.09. The second-order valence-corrected chi connectivity index (χ2v) is 5.34. The Balaban J connectivity index is 1.74. The van der Waals surface area contributed by atoms with Crippen molar-refractivity contribution < 1.29 is 18.3 Å². The second kappa shape index (κ2) is 6.27. The van der Waals surface area contributed by atoms with Crippen molar-refractivity contribution in [3.05, 3.63) is 65.1 Å². The van der Waals surface area contributed by atoms with Crippen molar-refractivity contribution in [3.63, 3.8) is 0 Å². The maximum Gasteiger partial charge on any atom is 0.253 e. The SMILES string of the molecule is COc1c(F)cc(CNC(=O)c2ccc3nc(C)cn3c2)cc1F. The lowest BCUT2D eigenvalue weighted by molar-refractivity contribution is 0.0950. The molecule has 5 nitrogen and oxygen atoms in total. The van der Waals surface area contributed by atoms with Crippen LogP contribution in [0.4, 0.5) is 8.78 Å². The lowest BCUT2D eigenvalue weighted by atomic mass is 10.2. The van der Waals surface area contributed by atoms with E-state index in [1.54, 1.807) is 28.9 Å². The number of fused-ring (bicyclic) bond motifs is 1. The van der Waals surface area contributed by atoms with Crippen molar-refractivity contribution in [1.82, 2.24) is 14.7 Å². The average Bonchev–Trinajstić information content (AvgIpc) is 2.91. The van der Waals surface area contributed by atoms with Crippen LogP contribution in [0.25, 0.3) is 5.65 Å². The number of imidazole rings is 1. The molecular weight excluding hydrogens is 316 g/mol. The van der Waals surface area contributed by atoms with Gasteiger partial charge in [0, 0.05) is 18.9 Å². The van der Waals surface area contributed by atoms with E-state index in [2.05, 4.69) is 15.0 Å². The number of benzene rings is 1. The van der Waals surface area contributed by atoms with Gasteiger partial charge in [0.25, 0.3) is 5.91 Å². The summed E-state index contributed by atoms with van der Waals surface area (Å²) in [4.78, 5) is 16.5. The molecular formula is C17H15F2N3O2. The molecule has 1 amide bonds. The van der Waals surface area contributed by atoms with E-state index in [-0.39, 0.29) is 12.5 Å². The molecule has 7 heteroatoms. The smallest absolute Gasteiger partial charge is 0.253 e. The number of aryl methyl sites for hydroxylation is 1. The first kappa shape index (κ1) is 15.9. The van der Waals surface area contributed by atoms with Crippen LogP contribution in [0.5, 0.6) is 5.75 Å². The maximum absolute atomic E-state index is 13.6. The number of methoxy groups -OCH3 is 1. The predicted octanol–water partition coefficient (Wildman–Crippen LogP) is 2.86. The van der Waals surface area contributed by atoms with Gasteiger partial charge in [0.15, 0.2) is 17.4 Å². The molecule has 0 spiro atoms. The highest BCUT2D eigenvalue weighted by Gasteiger charge is 2.13. The van der Waals surface area contributed by atoms with Crippen molar-refractivity contribution in [2.45, 2.75) is 13.5 Å². The van der Waals surface area contributed by atoms with Gasteiger partial charge in [-0.1, -0.05) is 0 Å². The minimum Gasteiger partial charge on any atom is -0.491 e. The largest absolute Gasteiger partial charge is 0.491 e. The van der Waals surface area contributed by atoms with Gasteiger partial charge in [0.2, 0.25) is 0 Å². The Labute approximate surface area is 136 Å². The number of aromatic nitrogens is 2. The molecule has 1 N–H and O–H groups in total. The van der Waals surface area contributed by atoms with Gasteiger partial charge in [-0.25, -0.2) is 13.8 Å². The first-order valence-electron chi connectivity index (χ1n) is 7.23. The van der Waals surface area contributed by atoms with Crippen LogP contribution in [-0.4, -0.2) is 22.4 Å². The van der Waals surface area contributed by atoms with Crippen molar-refractivity contribution >= 4 is 11.6 Å². The van der Waals surface area contributed by atoms with E-state index in [9.17, 15) is 13.6 Å². The molecule has 124 valence electrons. The Morgan fingerprint density at radius 2 is 1.96 bits per heavy atom. The molecule has 0 aliphatic rings. The highest BCUT2D eigenvalue weighted by atomic mass is 19.1. The van der Waals surface area contributed by atoms with Crippen molar-refractivity contribution in [2.75, 3.05) is 7.11 Å². The Bertz CT molecular complexity index is 898. The molecule has 0 aliphatic heterocycles. The third-order valence-electron chi connectivity index (χ3n) is 3.55. The summed E-state index contributed by atoms with van der Waals surface area (Å²) in [5, 5.41) is 2.63. The van der Waals surface area contributed by atoms with Gasteiger partial charge in [-0.05, 0) is 36.8 Å². The van der Waals surface area contributed by atoms with Crippen LogP contribution in [-0.2, 0) is 6.54 Å². The van der Waals surface area contributed by atoms with Gasteiger partial charge in [-0.3, -0.25) is 4.79 Å². The zero-order valence-corrected chi connectivity index (χ0v) is 13.1. The number of ether oxygens (including phenoxy) is 1. The maximum atomic E-state index is 13.6. The van der Waals surface area contributed by atoms with Crippen molar-refractivity contribution in [3.8, 4) is 5.75 Å². The van der Waals surface area contributed by atoms with Crippen LogP contribution >= 0.6 is 0 Å². The summed E-state index contributed by atoms with van der Waals surface area (Å²) in [6, 6.07) is 5.64. The minimum absolute atomic E-state index is 0.00232. The van der Waals surface area contributed by atoms with Crippen LogP contribution in [0, 0.1) is 18.6 Å². The van der Waals surface area contributed by atoms with Crippen molar-refractivity contribution in [2.24, 2.45) is 0 Å². The number of hydrogen-bond acceptors (Lipinski definition) is 3. The molecule has 0 aliphatic carbocycles. The molecule has 0 atom stereocenters. The van der Waals surface area contributed by atoms with E-state index in [4.69, 9.17) is 0 Å². The normalized spacial score (nSPS) is 10.8. The molecule has 2 heterocycles. The van der Waals surface area contributed by atoms with Crippen LogP contribution < -0.4 is 10.1 Å². The number of pyridine rings is 1. The minimum atomic E-state index is -0.808. The molecule has 1 aromatic carbocycles. The van der Waals surface area contributed by atoms with Crippen LogP contribution in [0.1, 0.15) is 21.6 Å². The quantitative estimate of drug-likeness (QED) is 0.800. The van der Waals surface area contributed by atoms with E-state index >= 15 is 0 Å². The summed E-state index contributed by atoms with van der Waals surface area (Å²) in [6.45, 7) is 1.86. The molecule has 3 rings (SSSR count). The highest BCUT2D eigenvalue weighted by molar-refractivity contribution is 5.94. The molecule has 0 bridgehead atoms. The zero-order chi connectivity index (χ0) is 17.3. The standard InChI is InChI=1S/C17H15F2N3O2/c1-10-8-22-9-12(3-4-15(22)21-10)17(23)20-7-11-5-13(18)16(24-2)14(19)6-11/h3-6,8-9H,7H2,1-2H3,(H,20,23). The number of halogens is 2. The Morgan fingerprint density at radius 3 is 2.62 bits per heavy atom. The molecule has 0 unspecified atom stereocenters. The molecule has 0 saturated heterocycles. The molecule has 3 aromatic rings. The predicted molar refractivity (Wildman–Crippen MR) is 84.0 cm³/mol. The monoisotopic (exact) mass is 331 g/mol. The number of carbonyl (C=O) groups excluding carboxylic acids is 1. The van der Waals surface area contributed by atoms with Gasteiger partial charge in [0.1, 0.15) is 5.65 Å². The lowest BCUT2D eigenvalue weighted by Crippen LogP contribution is -2.23.